The molecule has 1 rings (SSSR count). The van der Waals surface area contributed by atoms with Crippen molar-refractivity contribution >= 4 is 0 Å². The predicted octanol–water partition coefficient (Wildman–Crippen LogP) is 1.17. The molecule has 1 heterocycles. The Morgan fingerprint density at radius 3 is 2.45 bits per heavy atom. The smallest absolute Gasteiger partial charge is 0.188 e. The zero-order valence-electron chi connectivity index (χ0n) is 7.59. The SMILES string of the molecule is CCC1OC(OC)C1(C)OC. The van der Waals surface area contributed by atoms with Gasteiger partial charge in [0.15, 0.2) is 6.29 Å². The van der Waals surface area contributed by atoms with Gasteiger partial charge in [-0.15, -0.1) is 0 Å². The van der Waals surface area contributed by atoms with Crippen molar-refractivity contribution in [2.24, 2.45) is 0 Å². The highest BCUT2D eigenvalue weighted by atomic mass is 16.7. The molecular formula is C8H16O3. The molecule has 3 nitrogen and oxygen atoms in total. The number of methoxy groups -OCH3 is 2. The fraction of sp³-hybridized carbons (Fsp3) is 1.00. The van der Waals surface area contributed by atoms with Crippen molar-refractivity contribution in [2.45, 2.75) is 38.3 Å². The topological polar surface area (TPSA) is 27.7 Å². The van der Waals surface area contributed by atoms with Crippen LogP contribution in [0.15, 0.2) is 0 Å². The van der Waals surface area contributed by atoms with Crippen LogP contribution >= 0.6 is 0 Å². The van der Waals surface area contributed by atoms with E-state index in [-0.39, 0.29) is 18.0 Å². The van der Waals surface area contributed by atoms with Gasteiger partial charge in [-0.2, -0.15) is 0 Å². The van der Waals surface area contributed by atoms with Crippen molar-refractivity contribution in [3.63, 3.8) is 0 Å². The lowest BCUT2D eigenvalue weighted by atomic mass is 9.90. The van der Waals surface area contributed by atoms with Crippen molar-refractivity contribution in [3.05, 3.63) is 0 Å². The summed E-state index contributed by atoms with van der Waals surface area (Å²) >= 11 is 0. The van der Waals surface area contributed by atoms with Gasteiger partial charge >= 0.3 is 0 Å². The zero-order chi connectivity index (χ0) is 8.48. The first kappa shape index (κ1) is 8.97. The standard InChI is InChI=1S/C8H16O3/c1-5-6-8(2,10-4)7(9-3)11-6/h6-7H,5H2,1-4H3. The Morgan fingerprint density at radius 2 is 2.09 bits per heavy atom. The molecule has 3 heteroatoms. The predicted molar refractivity (Wildman–Crippen MR) is 41.4 cm³/mol. The number of hydrogen-bond donors (Lipinski definition) is 0. The van der Waals surface area contributed by atoms with E-state index in [1.54, 1.807) is 14.2 Å². The average Bonchev–Trinajstić information content (AvgIpc) is 2.03. The second-order valence-electron chi connectivity index (χ2n) is 2.99. The Kier molecular flexibility index (Phi) is 2.52. The summed E-state index contributed by atoms with van der Waals surface area (Å²) < 4.78 is 15.8. The molecule has 0 bridgehead atoms. The van der Waals surface area contributed by atoms with Crippen LogP contribution in [0, 0.1) is 0 Å². The third-order valence-corrected chi connectivity index (χ3v) is 2.42. The van der Waals surface area contributed by atoms with E-state index < -0.39 is 0 Å². The highest BCUT2D eigenvalue weighted by Gasteiger charge is 2.53. The van der Waals surface area contributed by atoms with Crippen LogP contribution in [0.4, 0.5) is 0 Å². The molecule has 1 aliphatic rings. The van der Waals surface area contributed by atoms with Gasteiger partial charge in [-0.1, -0.05) is 6.92 Å². The van der Waals surface area contributed by atoms with Crippen molar-refractivity contribution in [2.75, 3.05) is 14.2 Å². The van der Waals surface area contributed by atoms with Crippen LogP contribution in [0.1, 0.15) is 20.3 Å². The first-order valence-corrected chi connectivity index (χ1v) is 3.92. The molecule has 0 amide bonds. The fourth-order valence-electron chi connectivity index (χ4n) is 1.52. The van der Waals surface area contributed by atoms with Gasteiger partial charge in [-0.05, 0) is 13.3 Å². The summed E-state index contributed by atoms with van der Waals surface area (Å²) in [4.78, 5) is 0. The molecule has 66 valence electrons. The molecule has 0 N–H and O–H groups in total. The normalized spacial score (nSPS) is 43.6. The molecule has 3 unspecified atom stereocenters. The second-order valence-corrected chi connectivity index (χ2v) is 2.99. The molecule has 1 aliphatic heterocycles. The van der Waals surface area contributed by atoms with E-state index in [9.17, 15) is 0 Å². The highest BCUT2D eigenvalue weighted by molar-refractivity contribution is 4.96. The van der Waals surface area contributed by atoms with Gasteiger partial charge in [0, 0.05) is 14.2 Å². The minimum absolute atomic E-state index is 0.178. The highest BCUT2D eigenvalue weighted by Crippen LogP contribution is 2.37. The Morgan fingerprint density at radius 1 is 1.45 bits per heavy atom. The molecule has 0 spiro atoms. The maximum atomic E-state index is 5.40. The third kappa shape index (κ3) is 1.17. The van der Waals surface area contributed by atoms with Crippen LogP contribution in [0.25, 0.3) is 0 Å². The van der Waals surface area contributed by atoms with Crippen LogP contribution in [-0.2, 0) is 14.2 Å². The van der Waals surface area contributed by atoms with Gasteiger partial charge in [0.05, 0.1) is 6.10 Å². The summed E-state index contributed by atoms with van der Waals surface area (Å²) in [5, 5.41) is 0. The lowest BCUT2D eigenvalue weighted by Crippen LogP contribution is -2.65. The maximum Gasteiger partial charge on any atom is 0.188 e. The summed E-state index contributed by atoms with van der Waals surface area (Å²) in [6.45, 7) is 4.09. The van der Waals surface area contributed by atoms with E-state index in [0.29, 0.717) is 0 Å². The molecule has 0 aromatic rings. The molecule has 1 fully saturated rings. The Bertz CT molecular complexity index is 125. The molecule has 0 aromatic carbocycles. The minimum atomic E-state index is -0.247. The monoisotopic (exact) mass is 160 g/mol. The van der Waals surface area contributed by atoms with Gasteiger partial charge in [-0.25, -0.2) is 0 Å². The maximum absolute atomic E-state index is 5.40. The van der Waals surface area contributed by atoms with E-state index in [0.717, 1.165) is 6.42 Å². The molecule has 0 radical (unpaired) electrons. The number of rotatable bonds is 3. The number of hydrogen-bond acceptors (Lipinski definition) is 3. The van der Waals surface area contributed by atoms with Gasteiger partial charge in [0.1, 0.15) is 5.60 Å². The average molecular weight is 160 g/mol. The Hall–Kier alpha value is -0.120. The molecule has 0 saturated carbocycles. The van der Waals surface area contributed by atoms with E-state index >= 15 is 0 Å². The summed E-state index contributed by atoms with van der Waals surface area (Å²) in [6, 6.07) is 0. The van der Waals surface area contributed by atoms with Gasteiger partial charge in [-0.3, -0.25) is 0 Å². The van der Waals surface area contributed by atoms with Crippen LogP contribution < -0.4 is 0 Å². The van der Waals surface area contributed by atoms with Crippen molar-refractivity contribution in [3.8, 4) is 0 Å². The van der Waals surface area contributed by atoms with Crippen LogP contribution in [0.2, 0.25) is 0 Å². The first-order valence-electron chi connectivity index (χ1n) is 3.92. The largest absolute Gasteiger partial charge is 0.370 e. The zero-order valence-corrected chi connectivity index (χ0v) is 7.59. The molecule has 11 heavy (non-hydrogen) atoms. The number of ether oxygens (including phenoxy) is 3. The molecule has 1 saturated heterocycles. The fourth-order valence-corrected chi connectivity index (χ4v) is 1.52. The minimum Gasteiger partial charge on any atom is -0.370 e. The van der Waals surface area contributed by atoms with E-state index in [1.165, 1.54) is 0 Å². The molecule has 0 aromatic heterocycles. The first-order chi connectivity index (χ1) is 5.19. The lowest BCUT2D eigenvalue weighted by molar-refractivity contribution is -0.370. The summed E-state index contributed by atoms with van der Waals surface area (Å²) in [5.41, 5.74) is -0.247. The van der Waals surface area contributed by atoms with E-state index in [1.807, 2.05) is 6.92 Å². The lowest BCUT2D eigenvalue weighted by Gasteiger charge is -2.50. The molecule has 0 aliphatic carbocycles. The third-order valence-electron chi connectivity index (χ3n) is 2.42. The Balaban J connectivity index is 2.55. The van der Waals surface area contributed by atoms with Crippen molar-refractivity contribution in [1.82, 2.24) is 0 Å². The van der Waals surface area contributed by atoms with Gasteiger partial charge in [0.2, 0.25) is 0 Å². The second kappa shape index (κ2) is 3.09. The van der Waals surface area contributed by atoms with Crippen molar-refractivity contribution in [1.29, 1.82) is 0 Å². The van der Waals surface area contributed by atoms with Crippen LogP contribution in [0.5, 0.6) is 0 Å². The van der Waals surface area contributed by atoms with Crippen LogP contribution in [0.3, 0.4) is 0 Å². The van der Waals surface area contributed by atoms with Crippen molar-refractivity contribution < 1.29 is 14.2 Å². The summed E-state index contributed by atoms with van der Waals surface area (Å²) in [6.07, 6.45) is 0.944. The Labute approximate surface area is 67.6 Å². The summed E-state index contributed by atoms with van der Waals surface area (Å²) in [5.74, 6) is 0. The molecular weight excluding hydrogens is 144 g/mol. The van der Waals surface area contributed by atoms with Crippen LogP contribution in [-0.4, -0.2) is 32.2 Å². The van der Waals surface area contributed by atoms with Gasteiger partial charge in [0.25, 0.3) is 0 Å². The quantitative estimate of drug-likeness (QED) is 0.620. The summed E-state index contributed by atoms with van der Waals surface area (Å²) in [7, 11) is 3.32. The van der Waals surface area contributed by atoms with Gasteiger partial charge < -0.3 is 14.2 Å². The van der Waals surface area contributed by atoms with E-state index in [4.69, 9.17) is 14.2 Å². The van der Waals surface area contributed by atoms with E-state index in [2.05, 4.69) is 6.92 Å². The molecule has 3 atom stereocenters.